The van der Waals surface area contributed by atoms with E-state index in [0.717, 1.165) is 12.3 Å². The number of nitrogens with one attached hydrogen (secondary N) is 1. The van der Waals surface area contributed by atoms with Gasteiger partial charge in [-0.15, -0.1) is 0 Å². The third kappa shape index (κ3) is 3.74. The largest absolute Gasteiger partial charge is 0.481 e. The Morgan fingerprint density at radius 2 is 1.85 bits per heavy atom. The van der Waals surface area contributed by atoms with Crippen molar-refractivity contribution in [2.24, 2.45) is 23.2 Å². The van der Waals surface area contributed by atoms with Crippen LogP contribution in [0.2, 0.25) is 0 Å². The van der Waals surface area contributed by atoms with Crippen molar-refractivity contribution in [2.45, 2.75) is 58.8 Å². The number of hydrogen-bond donors (Lipinski definition) is 2. The predicted molar refractivity (Wildman–Crippen MR) is 77.2 cm³/mol. The number of carboxylic acid groups (broad SMARTS) is 1. The first-order valence-electron chi connectivity index (χ1n) is 7.93. The first-order chi connectivity index (χ1) is 9.42. The fourth-order valence-corrected chi connectivity index (χ4v) is 3.34. The van der Waals surface area contributed by atoms with Gasteiger partial charge in [-0.2, -0.15) is 0 Å². The van der Waals surface area contributed by atoms with Crippen molar-refractivity contribution in [3.05, 3.63) is 0 Å². The molecule has 114 valence electrons. The molecule has 0 aromatic rings. The Morgan fingerprint density at radius 3 is 2.45 bits per heavy atom. The molecule has 1 amide bonds. The lowest BCUT2D eigenvalue weighted by Gasteiger charge is -2.22. The van der Waals surface area contributed by atoms with Crippen LogP contribution in [-0.2, 0) is 9.59 Å². The SMILES string of the molecule is CC(C)(CCNC(=O)C1CC1C1CCCCC1)C(=O)O. The smallest absolute Gasteiger partial charge is 0.309 e. The molecular formula is C16H27NO3. The third-order valence-corrected chi connectivity index (χ3v) is 5.06. The molecule has 2 N–H and O–H groups in total. The quantitative estimate of drug-likeness (QED) is 0.786. The average molecular weight is 281 g/mol. The van der Waals surface area contributed by atoms with Crippen molar-refractivity contribution in [1.82, 2.24) is 5.32 Å². The first kappa shape index (κ1) is 15.3. The zero-order valence-corrected chi connectivity index (χ0v) is 12.7. The molecule has 0 aromatic heterocycles. The highest BCUT2D eigenvalue weighted by Gasteiger charge is 2.47. The number of carbonyl (C=O) groups is 2. The van der Waals surface area contributed by atoms with Crippen molar-refractivity contribution in [2.75, 3.05) is 6.54 Å². The van der Waals surface area contributed by atoms with Crippen LogP contribution in [-0.4, -0.2) is 23.5 Å². The fourth-order valence-electron chi connectivity index (χ4n) is 3.34. The summed E-state index contributed by atoms with van der Waals surface area (Å²) in [6.45, 7) is 3.86. The minimum Gasteiger partial charge on any atom is -0.481 e. The summed E-state index contributed by atoms with van der Waals surface area (Å²) < 4.78 is 0. The van der Waals surface area contributed by atoms with E-state index in [-0.39, 0.29) is 11.8 Å². The van der Waals surface area contributed by atoms with E-state index in [1.165, 1.54) is 32.1 Å². The predicted octanol–water partition coefficient (Wildman–Crippen LogP) is 2.82. The van der Waals surface area contributed by atoms with Crippen molar-refractivity contribution < 1.29 is 14.7 Å². The molecule has 0 bridgehead atoms. The highest BCUT2D eigenvalue weighted by atomic mass is 16.4. The lowest BCUT2D eigenvalue weighted by molar-refractivity contribution is -0.147. The molecule has 2 aliphatic carbocycles. The normalized spacial score (nSPS) is 27.1. The van der Waals surface area contributed by atoms with E-state index in [1.54, 1.807) is 13.8 Å². The molecule has 2 saturated carbocycles. The first-order valence-corrected chi connectivity index (χ1v) is 7.93. The van der Waals surface area contributed by atoms with Crippen LogP contribution in [0.25, 0.3) is 0 Å². The van der Waals surface area contributed by atoms with Crippen LogP contribution in [0.5, 0.6) is 0 Å². The molecule has 20 heavy (non-hydrogen) atoms. The molecule has 0 spiro atoms. The van der Waals surface area contributed by atoms with Crippen molar-refractivity contribution >= 4 is 11.9 Å². The van der Waals surface area contributed by atoms with E-state index in [1.807, 2.05) is 0 Å². The van der Waals surface area contributed by atoms with Crippen LogP contribution in [0.3, 0.4) is 0 Å². The molecule has 2 aliphatic rings. The average Bonchev–Trinajstić information content (AvgIpc) is 3.19. The number of carbonyl (C=O) groups excluding carboxylic acids is 1. The minimum absolute atomic E-state index is 0.141. The fraction of sp³-hybridized carbons (Fsp3) is 0.875. The van der Waals surface area contributed by atoms with E-state index in [2.05, 4.69) is 5.32 Å². The minimum atomic E-state index is -0.807. The zero-order valence-electron chi connectivity index (χ0n) is 12.7. The Balaban J connectivity index is 1.68. The number of rotatable bonds is 6. The summed E-state index contributed by atoms with van der Waals surface area (Å²) in [7, 11) is 0. The van der Waals surface area contributed by atoms with Gasteiger partial charge >= 0.3 is 5.97 Å². The molecule has 2 fully saturated rings. The van der Waals surface area contributed by atoms with Gasteiger partial charge in [0.05, 0.1) is 5.41 Å². The molecule has 0 aliphatic heterocycles. The maximum atomic E-state index is 12.1. The van der Waals surface area contributed by atoms with Gasteiger partial charge in [-0.05, 0) is 38.5 Å². The number of aliphatic carboxylic acids is 1. The van der Waals surface area contributed by atoms with E-state index < -0.39 is 11.4 Å². The molecule has 0 aromatic carbocycles. The Hall–Kier alpha value is -1.06. The van der Waals surface area contributed by atoms with Crippen LogP contribution in [0, 0.1) is 23.2 Å². The van der Waals surface area contributed by atoms with Gasteiger partial charge in [-0.25, -0.2) is 0 Å². The summed E-state index contributed by atoms with van der Waals surface area (Å²) >= 11 is 0. The maximum Gasteiger partial charge on any atom is 0.309 e. The second kappa shape index (κ2) is 6.15. The Bertz CT molecular complexity index is 372. The highest BCUT2D eigenvalue weighted by molar-refractivity contribution is 5.81. The molecule has 4 heteroatoms. The highest BCUT2D eigenvalue weighted by Crippen LogP contribution is 2.49. The van der Waals surface area contributed by atoms with Crippen molar-refractivity contribution in [3.8, 4) is 0 Å². The van der Waals surface area contributed by atoms with E-state index in [4.69, 9.17) is 5.11 Å². The van der Waals surface area contributed by atoms with Gasteiger partial charge in [0.2, 0.25) is 5.91 Å². The monoisotopic (exact) mass is 281 g/mol. The lowest BCUT2D eigenvalue weighted by Crippen LogP contribution is -2.33. The summed E-state index contributed by atoms with van der Waals surface area (Å²) in [6.07, 6.45) is 8.10. The molecule has 0 saturated heterocycles. The zero-order chi connectivity index (χ0) is 14.8. The van der Waals surface area contributed by atoms with Crippen LogP contribution < -0.4 is 5.32 Å². The summed E-state index contributed by atoms with van der Waals surface area (Å²) in [5, 5.41) is 11.9. The number of amides is 1. The second-order valence-electron chi connectivity index (χ2n) is 7.13. The lowest BCUT2D eigenvalue weighted by atomic mass is 9.85. The van der Waals surface area contributed by atoms with Crippen molar-refractivity contribution in [3.63, 3.8) is 0 Å². The number of hydrogen-bond acceptors (Lipinski definition) is 2. The van der Waals surface area contributed by atoms with Crippen LogP contribution in [0.1, 0.15) is 58.8 Å². The molecule has 0 radical (unpaired) electrons. The second-order valence-corrected chi connectivity index (χ2v) is 7.13. The molecule has 2 unspecified atom stereocenters. The topological polar surface area (TPSA) is 66.4 Å². The summed E-state index contributed by atoms with van der Waals surface area (Å²) in [5.74, 6) is 0.892. The summed E-state index contributed by atoms with van der Waals surface area (Å²) in [4.78, 5) is 23.0. The molecule has 2 atom stereocenters. The summed E-state index contributed by atoms with van der Waals surface area (Å²) in [6, 6.07) is 0. The molecule has 2 rings (SSSR count). The van der Waals surface area contributed by atoms with Gasteiger partial charge in [0.25, 0.3) is 0 Å². The van der Waals surface area contributed by atoms with Crippen LogP contribution in [0.15, 0.2) is 0 Å². The molecular weight excluding hydrogens is 254 g/mol. The van der Waals surface area contributed by atoms with Gasteiger partial charge in [0, 0.05) is 12.5 Å². The van der Waals surface area contributed by atoms with Gasteiger partial charge in [-0.3, -0.25) is 9.59 Å². The number of carboxylic acids is 1. The Morgan fingerprint density at radius 1 is 1.20 bits per heavy atom. The summed E-state index contributed by atoms with van der Waals surface area (Å²) in [5.41, 5.74) is -0.764. The van der Waals surface area contributed by atoms with E-state index >= 15 is 0 Å². The van der Waals surface area contributed by atoms with Gasteiger partial charge < -0.3 is 10.4 Å². The van der Waals surface area contributed by atoms with Crippen LogP contribution in [0.4, 0.5) is 0 Å². The maximum absolute atomic E-state index is 12.1. The van der Waals surface area contributed by atoms with Gasteiger partial charge in [-0.1, -0.05) is 32.1 Å². The standard InChI is InChI=1S/C16H27NO3/c1-16(2,15(19)20)8-9-17-14(18)13-10-12(13)11-6-4-3-5-7-11/h11-13H,3-10H2,1-2H3,(H,17,18)(H,19,20). The molecule has 0 heterocycles. The molecule has 4 nitrogen and oxygen atoms in total. The van der Waals surface area contributed by atoms with Gasteiger partial charge in [0.15, 0.2) is 0 Å². The Labute approximate surface area is 121 Å². The van der Waals surface area contributed by atoms with E-state index in [9.17, 15) is 9.59 Å². The van der Waals surface area contributed by atoms with Gasteiger partial charge in [0.1, 0.15) is 0 Å². The Kier molecular flexibility index (Phi) is 4.71. The van der Waals surface area contributed by atoms with E-state index in [0.29, 0.717) is 18.9 Å². The van der Waals surface area contributed by atoms with Crippen LogP contribution >= 0.6 is 0 Å². The van der Waals surface area contributed by atoms with Crippen molar-refractivity contribution in [1.29, 1.82) is 0 Å². The third-order valence-electron chi connectivity index (χ3n) is 5.06.